The molecule has 0 spiro atoms. The zero-order valence-electron chi connectivity index (χ0n) is 16.1. The van der Waals surface area contributed by atoms with Crippen molar-refractivity contribution in [1.82, 2.24) is 19.7 Å². The van der Waals surface area contributed by atoms with Crippen LogP contribution in [0.2, 0.25) is 0 Å². The highest BCUT2D eigenvalue weighted by Crippen LogP contribution is 2.24. The SMILES string of the molecule is Cc1ccc(-n2cnnc2SCC(=O)N(C)[C@H](C)c2ccccc2)c(C)c1. The molecule has 1 aromatic heterocycles. The smallest absolute Gasteiger partial charge is 0.233 e. The first-order chi connectivity index (χ1) is 13.0. The number of aromatic nitrogens is 3. The summed E-state index contributed by atoms with van der Waals surface area (Å²) >= 11 is 1.41. The van der Waals surface area contributed by atoms with Crippen molar-refractivity contribution in [1.29, 1.82) is 0 Å². The monoisotopic (exact) mass is 380 g/mol. The first-order valence-electron chi connectivity index (χ1n) is 8.88. The third kappa shape index (κ3) is 4.39. The molecular weight excluding hydrogens is 356 g/mol. The van der Waals surface area contributed by atoms with Crippen molar-refractivity contribution in [3.05, 3.63) is 71.5 Å². The second-order valence-corrected chi connectivity index (χ2v) is 7.60. The Morgan fingerprint density at radius 2 is 1.93 bits per heavy atom. The third-order valence-corrected chi connectivity index (χ3v) is 5.64. The van der Waals surface area contributed by atoms with Crippen molar-refractivity contribution < 1.29 is 4.79 Å². The minimum Gasteiger partial charge on any atom is -0.338 e. The molecular formula is C21H24N4OS. The van der Waals surface area contributed by atoms with E-state index >= 15 is 0 Å². The maximum absolute atomic E-state index is 12.7. The van der Waals surface area contributed by atoms with Gasteiger partial charge in [0.05, 0.1) is 17.5 Å². The molecule has 2 aromatic carbocycles. The van der Waals surface area contributed by atoms with Gasteiger partial charge in [0.1, 0.15) is 6.33 Å². The summed E-state index contributed by atoms with van der Waals surface area (Å²) in [5.41, 5.74) is 4.52. The molecule has 5 nitrogen and oxygen atoms in total. The lowest BCUT2D eigenvalue weighted by molar-refractivity contribution is -0.128. The molecule has 0 aliphatic heterocycles. The Labute approximate surface area is 164 Å². The van der Waals surface area contributed by atoms with Gasteiger partial charge in [-0.15, -0.1) is 10.2 Å². The van der Waals surface area contributed by atoms with Crippen LogP contribution in [-0.4, -0.2) is 38.4 Å². The quantitative estimate of drug-likeness (QED) is 0.602. The molecule has 3 rings (SSSR count). The van der Waals surface area contributed by atoms with Crippen LogP contribution in [0.3, 0.4) is 0 Å². The zero-order chi connectivity index (χ0) is 19.4. The lowest BCUT2D eigenvalue weighted by Crippen LogP contribution is -2.31. The Hall–Kier alpha value is -2.60. The van der Waals surface area contributed by atoms with Gasteiger partial charge in [0.2, 0.25) is 5.91 Å². The molecule has 0 fully saturated rings. The van der Waals surface area contributed by atoms with E-state index in [1.165, 1.54) is 17.3 Å². The number of rotatable bonds is 6. The molecule has 3 aromatic rings. The number of carbonyl (C=O) groups excluding carboxylic acids is 1. The Kier molecular flexibility index (Phi) is 5.96. The summed E-state index contributed by atoms with van der Waals surface area (Å²) in [6.45, 7) is 6.17. The van der Waals surface area contributed by atoms with Crippen LogP contribution < -0.4 is 0 Å². The second kappa shape index (κ2) is 8.39. The number of hydrogen-bond donors (Lipinski definition) is 0. The molecule has 1 amide bonds. The van der Waals surface area contributed by atoms with Crippen molar-refractivity contribution in [2.45, 2.75) is 32.0 Å². The second-order valence-electron chi connectivity index (χ2n) is 6.65. The van der Waals surface area contributed by atoms with Gasteiger partial charge < -0.3 is 4.90 Å². The molecule has 6 heteroatoms. The van der Waals surface area contributed by atoms with Crippen LogP contribution in [0.15, 0.2) is 60.0 Å². The summed E-state index contributed by atoms with van der Waals surface area (Å²) < 4.78 is 1.94. The van der Waals surface area contributed by atoms with E-state index in [-0.39, 0.29) is 11.9 Å². The average Bonchev–Trinajstić information content (AvgIpc) is 3.14. The van der Waals surface area contributed by atoms with E-state index in [0.717, 1.165) is 22.0 Å². The fourth-order valence-corrected chi connectivity index (χ4v) is 3.81. The van der Waals surface area contributed by atoms with Gasteiger partial charge in [-0.2, -0.15) is 0 Å². The number of hydrogen-bond acceptors (Lipinski definition) is 4. The van der Waals surface area contributed by atoms with Crippen molar-refractivity contribution in [2.75, 3.05) is 12.8 Å². The molecule has 27 heavy (non-hydrogen) atoms. The van der Waals surface area contributed by atoms with Crippen molar-refractivity contribution in [2.24, 2.45) is 0 Å². The van der Waals surface area contributed by atoms with Crippen molar-refractivity contribution >= 4 is 17.7 Å². The average molecular weight is 381 g/mol. The van der Waals surface area contributed by atoms with Gasteiger partial charge >= 0.3 is 0 Å². The van der Waals surface area contributed by atoms with Gasteiger partial charge in [0.15, 0.2) is 5.16 Å². The number of nitrogens with zero attached hydrogens (tertiary/aromatic N) is 4. The summed E-state index contributed by atoms with van der Waals surface area (Å²) in [6.07, 6.45) is 1.70. The zero-order valence-corrected chi connectivity index (χ0v) is 16.9. The van der Waals surface area contributed by atoms with Crippen molar-refractivity contribution in [3.63, 3.8) is 0 Å². The van der Waals surface area contributed by atoms with E-state index in [2.05, 4.69) is 42.2 Å². The molecule has 0 aliphatic carbocycles. The topological polar surface area (TPSA) is 51.0 Å². The first-order valence-corrected chi connectivity index (χ1v) is 9.87. The molecule has 1 atom stereocenters. The Bertz CT molecular complexity index is 923. The molecule has 0 aliphatic rings. The van der Waals surface area contributed by atoms with Crippen LogP contribution in [0.25, 0.3) is 5.69 Å². The molecule has 140 valence electrons. The van der Waals surface area contributed by atoms with Gasteiger partial charge in [-0.3, -0.25) is 9.36 Å². The number of aryl methyl sites for hydroxylation is 2. The standard InChI is InChI=1S/C21H24N4OS/c1-15-10-11-19(16(2)12-15)25-14-22-23-21(25)27-13-20(26)24(4)17(3)18-8-6-5-7-9-18/h5-12,14,17H,13H2,1-4H3/t17-/m1/s1. The number of thioether (sulfide) groups is 1. The van der Waals surface area contributed by atoms with E-state index in [1.54, 1.807) is 11.2 Å². The predicted molar refractivity (Wildman–Crippen MR) is 109 cm³/mol. The molecule has 1 heterocycles. The number of amides is 1. The molecule has 0 unspecified atom stereocenters. The normalized spacial score (nSPS) is 12.0. The minimum atomic E-state index is 0.0245. The highest BCUT2D eigenvalue weighted by Gasteiger charge is 2.19. The minimum absolute atomic E-state index is 0.0245. The predicted octanol–water partition coefficient (Wildman–Crippen LogP) is 4.20. The van der Waals surface area contributed by atoms with E-state index in [0.29, 0.717) is 5.75 Å². The van der Waals surface area contributed by atoms with Crippen molar-refractivity contribution in [3.8, 4) is 5.69 Å². The van der Waals surface area contributed by atoms with Crippen LogP contribution in [0.4, 0.5) is 0 Å². The Balaban J connectivity index is 1.69. The van der Waals surface area contributed by atoms with Gasteiger partial charge in [0, 0.05) is 7.05 Å². The van der Waals surface area contributed by atoms with E-state index in [9.17, 15) is 4.79 Å². The lowest BCUT2D eigenvalue weighted by Gasteiger charge is -2.25. The molecule has 0 saturated carbocycles. The van der Waals surface area contributed by atoms with Crippen LogP contribution in [0, 0.1) is 13.8 Å². The summed E-state index contributed by atoms with van der Waals surface area (Å²) in [7, 11) is 1.84. The van der Waals surface area contributed by atoms with Gasteiger partial charge in [0.25, 0.3) is 0 Å². The van der Waals surface area contributed by atoms with Gasteiger partial charge in [-0.25, -0.2) is 0 Å². The van der Waals surface area contributed by atoms with Crippen LogP contribution in [0.1, 0.15) is 29.7 Å². The summed E-state index contributed by atoms with van der Waals surface area (Å²) in [6, 6.07) is 16.3. The highest BCUT2D eigenvalue weighted by molar-refractivity contribution is 7.99. The molecule has 0 saturated heterocycles. The summed E-state index contributed by atoms with van der Waals surface area (Å²) in [4.78, 5) is 14.4. The number of carbonyl (C=O) groups is 1. The van der Waals surface area contributed by atoms with Crippen LogP contribution in [0.5, 0.6) is 0 Å². The molecule has 0 bridgehead atoms. The lowest BCUT2D eigenvalue weighted by atomic mass is 10.1. The van der Waals surface area contributed by atoms with E-state index in [4.69, 9.17) is 0 Å². The van der Waals surface area contributed by atoms with Crippen LogP contribution >= 0.6 is 11.8 Å². The summed E-state index contributed by atoms with van der Waals surface area (Å²) in [5.74, 6) is 0.378. The maximum Gasteiger partial charge on any atom is 0.233 e. The highest BCUT2D eigenvalue weighted by atomic mass is 32.2. The van der Waals surface area contributed by atoms with Gasteiger partial charge in [-0.05, 0) is 38.0 Å². The van der Waals surface area contributed by atoms with E-state index in [1.807, 2.05) is 48.9 Å². The molecule has 0 N–H and O–H groups in total. The summed E-state index contributed by atoms with van der Waals surface area (Å²) in [5, 5.41) is 8.95. The molecule has 0 radical (unpaired) electrons. The van der Waals surface area contributed by atoms with Crippen LogP contribution in [-0.2, 0) is 4.79 Å². The van der Waals surface area contributed by atoms with Gasteiger partial charge in [-0.1, -0.05) is 59.8 Å². The fourth-order valence-electron chi connectivity index (χ4n) is 2.96. The Morgan fingerprint density at radius 1 is 1.19 bits per heavy atom. The Morgan fingerprint density at radius 3 is 2.63 bits per heavy atom. The maximum atomic E-state index is 12.7. The largest absolute Gasteiger partial charge is 0.338 e. The third-order valence-electron chi connectivity index (χ3n) is 4.71. The first kappa shape index (κ1) is 19.2. The number of benzene rings is 2. The van der Waals surface area contributed by atoms with E-state index < -0.39 is 0 Å². The fraction of sp³-hybridized carbons (Fsp3) is 0.286.